The number of benzene rings is 1. The third-order valence-corrected chi connectivity index (χ3v) is 2.96. The zero-order valence-electron chi connectivity index (χ0n) is 9.87. The molecule has 2 nitrogen and oxygen atoms in total. The second-order valence-electron chi connectivity index (χ2n) is 3.86. The van der Waals surface area contributed by atoms with E-state index >= 15 is 0 Å². The van der Waals surface area contributed by atoms with E-state index in [1.165, 1.54) is 0 Å². The highest BCUT2D eigenvalue weighted by molar-refractivity contribution is 6.31. The van der Waals surface area contributed by atoms with Gasteiger partial charge in [0.2, 0.25) is 0 Å². The van der Waals surface area contributed by atoms with Crippen LogP contribution in [0.15, 0.2) is 18.2 Å². The molecule has 0 aliphatic carbocycles. The van der Waals surface area contributed by atoms with Crippen LogP contribution in [0.2, 0.25) is 5.02 Å². The molecule has 16 heavy (non-hydrogen) atoms. The standard InChI is InChI=1S/C13H19ClO2/c1-3-16-8-4-5-13(15)11-7-6-10(2)12(14)9-11/h6-7,9,13,15H,3-5,8H2,1-2H3. The maximum atomic E-state index is 9.92. The number of aryl methyl sites for hydroxylation is 1. The van der Waals surface area contributed by atoms with E-state index in [9.17, 15) is 5.11 Å². The molecule has 0 radical (unpaired) electrons. The molecule has 1 aromatic rings. The van der Waals surface area contributed by atoms with Crippen LogP contribution in [-0.4, -0.2) is 18.3 Å². The average molecular weight is 243 g/mol. The Balaban J connectivity index is 2.46. The third-order valence-electron chi connectivity index (χ3n) is 2.55. The first-order valence-corrected chi connectivity index (χ1v) is 6.04. The van der Waals surface area contributed by atoms with Gasteiger partial charge in [0.1, 0.15) is 0 Å². The quantitative estimate of drug-likeness (QED) is 0.774. The molecule has 0 saturated heterocycles. The molecule has 0 fully saturated rings. The molecule has 0 spiro atoms. The monoisotopic (exact) mass is 242 g/mol. The van der Waals surface area contributed by atoms with Gasteiger partial charge in [-0.05, 0) is 43.9 Å². The Labute approximate surface area is 102 Å². The van der Waals surface area contributed by atoms with E-state index in [4.69, 9.17) is 16.3 Å². The fourth-order valence-electron chi connectivity index (χ4n) is 1.51. The minimum absolute atomic E-state index is 0.446. The van der Waals surface area contributed by atoms with E-state index < -0.39 is 6.10 Å². The number of aliphatic hydroxyl groups excluding tert-OH is 1. The summed E-state index contributed by atoms with van der Waals surface area (Å²) >= 11 is 6.01. The highest BCUT2D eigenvalue weighted by atomic mass is 35.5. The minimum atomic E-state index is -0.446. The first-order valence-electron chi connectivity index (χ1n) is 5.67. The number of ether oxygens (including phenoxy) is 1. The molecule has 0 aromatic heterocycles. The minimum Gasteiger partial charge on any atom is -0.388 e. The number of hydrogen-bond donors (Lipinski definition) is 1. The summed E-state index contributed by atoms with van der Waals surface area (Å²) in [5.41, 5.74) is 1.92. The van der Waals surface area contributed by atoms with Gasteiger partial charge in [-0.1, -0.05) is 23.7 Å². The Hall–Kier alpha value is -0.570. The molecule has 0 bridgehead atoms. The summed E-state index contributed by atoms with van der Waals surface area (Å²) in [6.45, 7) is 5.35. The lowest BCUT2D eigenvalue weighted by atomic mass is 10.0. The Morgan fingerprint density at radius 2 is 2.19 bits per heavy atom. The molecule has 0 amide bonds. The molecule has 90 valence electrons. The van der Waals surface area contributed by atoms with Crippen molar-refractivity contribution in [2.75, 3.05) is 13.2 Å². The Morgan fingerprint density at radius 1 is 1.44 bits per heavy atom. The normalized spacial score (nSPS) is 12.8. The molecule has 1 aromatic carbocycles. The van der Waals surface area contributed by atoms with Gasteiger partial charge in [-0.2, -0.15) is 0 Å². The lowest BCUT2D eigenvalue weighted by Gasteiger charge is -2.12. The number of rotatable bonds is 6. The van der Waals surface area contributed by atoms with E-state index in [1.807, 2.05) is 32.0 Å². The molecule has 1 unspecified atom stereocenters. The van der Waals surface area contributed by atoms with E-state index in [2.05, 4.69) is 0 Å². The number of halogens is 1. The van der Waals surface area contributed by atoms with Crippen LogP contribution < -0.4 is 0 Å². The first kappa shape index (κ1) is 13.5. The van der Waals surface area contributed by atoms with Gasteiger partial charge in [-0.15, -0.1) is 0 Å². The van der Waals surface area contributed by atoms with Gasteiger partial charge in [-0.25, -0.2) is 0 Å². The maximum Gasteiger partial charge on any atom is 0.0791 e. The molecule has 1 N–H and O–H groups in total. The lowest BCUT2D eigenvalue weighted by Crippen LogP contribution is -2.01. The molecule has 0 saturated carbocycles. The smallest absolute Gasteiger partial charge is 0.0791 e. The lowest BCUT2D eigenvalue weighted by molar-refractivity contribution is 0.114. The fourth-order valence-corrected chi connectivity index (χ4v) is 1.70. The predicted molar refractivity (Wildman–Crippen MR) is 66.9 cm³/mol. The van der Waals surface area contributed by atoms with Gasteiger partial charge in [0.25, 0.3) is 0 Å². The van der Waals surface area contributed by atoms with Crippen molar-refractivity contribution in [1.29, 1.82) is 0 Å². The third kappa shape index (κ3) is 4.12. The summed E-state index contributed by atoms with van der Waals surface area (Å²) in [6, 6.07) is 5.69. The topological polar surface area (TPSA) is 29.5 Å². The van der Waals surface area contributed by atoms with Crippen LogP contribution in [0.4, 0.5) is 0 Å². The zero-order valence-corrected chi connectivity index (χ0v) is 10.6. The van der Waals surface area contributed by atoms with E-state index in [-0.39, 0.29) is 0 Å². The van der Waals surface area contributed by atoms with Crippen LogP contribution in [-0.2, 0) is 4.74 Å². The highest BCUT2D eigenvalue weighted by Crippen LogP contribution is 2.23. The molecule has 0 aliphatic rings. The van der Waals surface area contributed by atoms with Crippen LogP contribution in [0.1, 0.15) is 37.0 Å². The zero-order chi connectivity index (χ0) is 12.0. The fraction of sp³-hybridized carbons (Fsp3) is 0.538. The van der Waals surface area contributed by atoms with Crippen LogP contribution >= 0.6 is 11.6 Å². The molecular weight excluding hydrogens is 224 g/mol. The second kappa shape index (κ2) is 6.89. The van der Waals surface area contributed by atoms with Crippen molar-refractivity contribution >= 4 is 11.6 Å². The molecule has 3 heteroatoms. The summed E-state index contributed by atoms with van der Waals surface area (Å²) in [6.07, 6.45) is 1.12. The van der Waals surface area contributed by atoms with Gasteiger partial charge in [0.15, 0.2) is 0 Å². The van der Waals surface area contributed by atoms with Gasteiger partial charge in [0, 0.05) is 18.2 Å². The SMILES string of the molecule is CCOCCCC(O)c1ccc(C)c(Cl)c1. The Morgan fingerprint density at radius 3 is 2.81 bits per heavy atom. The Kier molecular flexibility index (Phi) is 5.81. The molecular formula is C13H19ClO2. The predicted octanol–water partition coefficient (Wildman–Crippen LogP) is 3.50. The Bertz CT molecular complexity index is 326. The summed E-state index contributed by atoms with van der Waals surface area (Å²) in [7, 11) is 0. The summed E-state index contributed by atoms with van der Waals surface area (Å²) in [4.78, 5) is 0. The van der Waals surface area contributed by atoms with Crippen molar-refractivity contribution in [2.45, 2.75) is 32.8 Å². The van der Waals surface area contributed by atoms with Gasteiger partial charge in [-0.3, -0.25) is 0 Å². The van der Waals surface area contributed by atoms with Crippen molar-refractivity contribution in [3.63, 3.8) is 0 Å². The van der Waals surface area contributed by atoms with Crippen molar-refractivity contribution in [3.05, 3.63) is 34.3 Å². The van der Waals surface area contributed by atoms with Gasteiger partial charge in [0.05, 0.1) is 6.10 Å². The summed E-state index contributed by atoms with van der Waals surface area (Å²) in [5.74, 6) is 0. The van der Waals surface area contributed by atoms with Crippen LogP contribution in [0.5, 0.6) is 0 Å². The van der Waals surface area contributed by atoms with Crippen LogP contribution in [0, 0.1) is 6.92 Å². The molecule has 0 aliphatic heterocycles. The number of aliphatic hydroxyl groups is 1. The van der Waals surface area contributed by atoms with Crippen LogP contribution in [0.25, 0.3) is 0 Å². The van der Waals surface area contributed by atoms with Crippen LogP contribution in [0.3, 0.4) is 0 Å². The molecule has 1 atom stereocenters. The summed E-state index contributed by atoms with van der Waals surface area (Å²) in [5, 5.41) is 10.6. The van der Waals surface area contributed by atoms with E-state index in [0.717, 1.165) is 24.2 Å². The first-order chi connectivity index (χ1) is 7.65. The largest absolute Gasteiger partial charge is 0.388 e. The second-order valence-corrected chi connectivity index (χ2v) is 4.27. The van der Waals surface area contributed by atoms with Gasteiger partial charge < -0.3 is 9.84 Å². The van der Waals surface area contributed by atoms with Crippen molar-refractivity contribution < 1.29 is 9.84 Å². The van der Waals surface area contributed by atoms with Crippen molar-refractivity contribution in [1.82, 2.24) is 0 Å². The highest BCUT2D eigenvalue weighted by Gasteiger charge is 2.08. The van der Waals surface area contributed by atoms with E-state index in [1.54, 1.807) is 0 Å². The molecule has 0 heterocycles. The van der Waals surface area contributed by atoms with E-state index in [0.29, 0.717) is 18.1 Å². The van der Waals surface area contributed by atoms with Gasteiger partial charge >= 0.3 is 0 Å². The maximum absolute atomic E-state index is 9.92. The van der Waals surface area contributed by atoms with Crippen molar-refractivity contribution in [2.24, 2.45) is 0 Å². The summed E-state index contributed by atoms with van der Waals surface area (Å²) < 4.78 is 5.23. The average Bonchev–Trinajstić information content (AvgIpc) is 2.28. The van der Waals surface area contributed by atoms with Crippen molar-refractivity contribution in [3.8, 4) is 0 Å². The number of hydrogen-bond acceptors (Lipinski definition) is 2. The molecule has 1 rings (SSSR count).